The second-order valence-corrected chi connectivity index (χ2v) is 5.38. The van der Waals surface area contributed by atoms with Crippen LogP contribution in [0.4, 0.5) is 0 Å². The predicted molar refractivity (Wildman–Crippen MR) is 76.4 cm³/mol. The lowest BCUT2D eigenvalue weighted by molar-refractivity contribution is -0.0165. The number of benzene rings is 1. The van der Waals surface area contributed by atoms with Crippen LogP contribution < -0.4 is 0 Å². The number of ether oxygens (including phenoxy) is 1. The maximum absolute atomic E-state index is 6.28. The molecule has 0 spiro atoms. The average Bonchev–Trinajstić information content (AvgIpc) is 2.52. The van der Waals surface area contributed by atoms with Crippen molar-refractivity contribution in [3.05, 3.63) is 60.2 Å². The van der Waals surface area contributed by atoms with Gasteiger partial charge in [0.1, 0.15) is 6.10 Å². The first-order valence-corrected chi connectivity index (χ1v) is 6.67. The Morgan fingerprint density at radius 3 is 2.44 bits per heavy atom. The summed E-state index contributed by atoms with van der Waals surface area (Å²) in [5.74, 6) is 0.523. The van der Waals surface area contributed by atoms with E-state index in [2.05, 4.69) is 39.1 Å². The molecule has 18 heavy (non-hydrogen) atoms. The fourth-order valence-electron chi connectivity index (χ4n) is 2.39. The summed E-state index contributed by atoms with van der Waals surface area (Å²) >= 11 is 0. The summed E-state index contributed by atoms with van der Waals surface area (Å²) in [6, 6.07) is 10.3. The Hall–Kier alpha value is -1.34. The molecule has 0 radical (unpaired) electrons. The van der Waals surface area contributed by atoms with E-state index in [1.165, 1.54) is 5.56 Å². The van der Waals surface area contributed by atoms with Crippen molar-refractivity contribution in [3.63, 3.8) is 0 Å². The summed E-state index contributed by atoms with van der Waals surface area (Å²) in [7, 11) is 0. The van der Waals surface area contributed by atoms with Crippen LogP contribution >= 0.6 is 0 Å². The Balaban J connectivity index is 2.29. The van der Waals surface area contributed by atoms with Crippen LogP contribution in [0.15, 0.2) is 54.6 Å². The zero-order valence-electron chi connectivity index (χ0n) is 11.4. The van der Waals surface area contributed by atoms with Gasteiger partial charge >= 0.3 is 0 Å². The van der Waals surface area contributed by atoms with Crippen molar-refractivity contribution in [2.45, 2.75) is 38.9 Å². The topological polar surface area (TPSA) is 9.23 Å². The largest absolute Gasteiger partial charge is 0.365 e. The third kappa shape index (κ3) is 2.73. The summed E-state index contributed by atoms with van der Waals surface area (Å²) in [4.78, 5) is 0. The highest BCUT2D eigenvalue weighted by atomic mass is 16.5. The third-order valence-corrected chi connectivity index (χ3v) is 3.66. The molecule has 1 aliphatic heterocycles. The lowest BCUT2D eigenvalue weighted by Crippen LogP contribution is -2.21. The van der Waals surface area contributed by atoms with Gasteiger partial charge in [-0.15, -0.1) is 0 Å². The van der Waals surface area contributed by atoms with E-state index in [0.717, 1.165) is 24.0 Å². The maximum Gasteiger partial charge on any atom is 0.108 e. The SMILES string of the molecule is C=C1CCC(C(C)C)OC(c2ccccc2)C1=C. The van der Waals surface area contributed by atoms with Crippen LogP contribution in [0.2, 0.25) is 0 Å². The minimum Gasteiger partial charge on any atom is -0.365 e. The van der Waals surface area contributed by atoms with Gasteiger partial charge in [0.2, 0.25) is 0 Å². The minimum absolute atomic E-state index is 0.0337. The van der Waals surface area contributed by atoms with Crippen molar-refractivity contribution in [2.75, 3.05) is 0 Å². The van der Waals surface area contributed by atoms with Crippen LogP contribution in [0.5, 0.6) is 0 Å². The van der Waals surface area contributed by atoms with E-state index in [4.69, 9.17) is 4.74 Å². The van der Waals surface area contributed by atoms with Gasteiger partial charge in [-0.1, -0.05) is 57.3 Å². The van der Waals surface area contributed by atoms with Gasteiger partial charge < -0.3 is 4.74 Å². The monoisotopic (exact) mass is 242 g/mol. The maximum atomic E-state index is 6.28. The van der Waals surface area contributed by atoms with Crippen molar-refractivity contribution in [1.82, 2.24) is 0 Å². The van der Waals surface area contributed by atoms with Crippen LogP contribution in [-0.2, 0) is 4.74 Å². The Bertz CT molecular complexity index is 430. The molecule has 2 unspecified atom stereocenters. The molecule has 0 aliphatic carbocycles. The molecule has 1 aromatic carbocycles. The highest BCUT2D eigenvalue weighted by molar-refractivity contribution is 5.36. The molecule has 1 aromatic rings. The quantitative estimate of drug-likeness (QED) is 0.732. The van der Waals surface area contributed by atoms with Gasteiger partial charge in [0.25, 0.3) is 0 Å². The fourth-order valence-corrected chi connectivity index (χ4v) is 2.39. The van der Waals surface area contributed by atoms with Gasteiger partial charge in [-0.3, -0.25) is 0 Å². The van der Waals surface area contributed by atoms with Crippen LogP contribution in [-0.4, -0.2) is 6.10 Å². The van der Waals surface area contributed by atoms with Crippen molar-refractivity contribution >= 4 is 0 Å². The molecule has 2 atom stereocenters. The molecule has 1 heteroatoms. The number of hydrogen-bond donors (Lipinski definition) is 0. The third-order valence-electron chi connectivity index (χ3n) is 3.66. The fraction of sp³-hybridized carbons (Fsp3) is 0.412. The molecule has 96 valence electrons. The van der Waals surface area contributed by atoms with Crippen molar-refractivity contribution in [3.8, 4) is 0 Å². The van der Waals surface area contributed by atoms with E-state index < -0.39 is 0 Å². The van der Waals surface area contributed by atoms with E-state index in [0.29, 0.717) is 5.92 Å². The normalized spacial score (nSPS) is 25.3. The van der Waals surface area contributed by atoms with E-state index in [9.17, 15) is 0 Å². The Morgan fingerprint density at radius 1 is 1.17 bits per heavy atom. The van der Waals surface area contributed by atoms with Crippen LogP contribution in [0.25, 0.3) is 0 Å². The van der Waals surface area contributed by atoms with E-state index in [1.54, 1.807) is 0 Å². The second kappa shape index (κ2) is 5.53. The summed E-state index contributed by atoms with van der Waals surface area (Å²) in [5, 5.41) is 0. The summed E-state index contributed by atoms with van der Waals surface area (Å²) < 4.78 is 6.28. The molecule has 2 rings (SSSR count). The first-order valence-electron chi connectivity index (χ1n) is 6.67. The van der Waals surface area contributed by atoms with Crippen molar-refractivity contribution in [1.29, 1.82) is 0 Å². The van der Waals surface area contributed by atoms with Gasteiger partial charge in [-0.05, 0) is 35.5 Å². The molecule has 0 N–H and O–H groups in total. The molecule has 1 aliphatic rings. The summed E-state index contributed by atoms with van der Waals surface area (Å²) in [6.07, 6.45) is 2.28. The van der Waals surface area contributed by atoms with E-state index in [-0.39, 0.29) is 12.2 Å². The van der Waals surface area contributed by atoms with Gasteiger partial charge in [0, 0.05) is 0 Å². The first-order chi connectivity index (χ1) is 8.59. The van der Waals surface area contributed by atoms with Crippen LogP contribution in [0.1, 0.15) is 38.4 Å². The first kappa shape index (κ1) is 13.1. The molecule has 1 fully saturated rings. The Labute approximate surface area is 110 Å². The van der Waals surface area contributed by atoms with E-state index in [1.807, 2.05) is 18.2 Å². The summed E-state index contributed by atoms with van der Waals surface area (Å²) in [5.41, 5.74) is 3.34. The Kier molecular flexibility index (Phi) is 4.03. The lowest BCUT2D eigenvalue weighted by atomic mass is 9.95. The van der Waals surface area contributed by atoms with Crippen LogP contribution in [0.3, 0.4) is 0 Å². The molecular weight excluding hydrogens is 220 g/mol. The smallest absolute Gasteiger partial charge is 0.108 e. The highest BCUT2D eigenvalue weighted by Gasteiger charge is 2.27. The molecule has 0 aromatic heterocycles. The standard InChI is InChI=1S/C17H22O/c1-12(2)16-11-10-13(3)14(4)17(18-16)15-8-6-5-7-9-15/h5-9,12,16-17H,3-4,10-11H2,1-2H3. The van der Waals surface area contributed by atoms with Gasteiger partial charge in [-0.2, -0.15) is 0 Å². The molecule has 1 saturated heterocycles. The van der Waals surface area contributed by atoms with Gasteiger partial charge in [0.15, 0.2) is 0 Å². The van der Waals surface area contributed by atoms with E-state index >= 15 is 0 Å². The average molecular weight is 242 g/mol. The molecular formula is C17H22O. The van der Waals surface area contributed by atoms with Crippen molar-refractivity contribution < 1.29 is 4.74 Å². The van der Waals surface area contributed by atoms with Gasteiger partial charge in [-0.25, -0.2) is 0 Å². The predicted octanol–water partition coefficient (Wildman–Crippen LogP) is 4.68. The molecule has 1 nitrogen and oxygen atoms in total. The van der Waals surface area contributed by atoms with Crippen molar-refractivity contribution in [2.24, 2.45) is 5.92 Å². The molecule has 0 bridgehead atoms. The number of hydrogen-bond acceptors (Lipinski definition) is 1. The molecule has 0 saturated carbocycles. The summed E-state index contributed by atoms with van der Waals surface area (Å²) in [6.45, 7) is 12.8. The number of rotatable bonds is 2. The second-order valence-electron chi connectivity index (χ2n) is 5.38. The minimum atomic E-state index is -0.0337. The molecule has 1 heterocycles. The lowest BCUT2D eigenvalue weighted by Gasteiger charge is -2.25. The highest BCUT2D eigenvalue weighted by Crippen LogP contribution is 2.37. The Morgan fingerprint density at radius 2 is 1.83 bits per heavy atom. The zero-order valence-corrected chi connectivity index (χ0v) is 11.4. The zero-order chi connectivity index (χ0) is 13.1. The van der Waals surface area contributed by atoms with Crippen LogP contribution in [0, 0.1) is 5.92 Å². The molecule has 0 amide bonds. The van der Waals surface area contributed by atoms with Gasteiger partial charge in [0.05, 0.1) is 6.10 Å².